The lowest BCUT2D eigenvalue weighted by molar-refractivity contribution is -0.122. The maximum absolute atomic E-state index is 13.6. The van der Waals surface area contributed by atoms with Crippen LogP contribution in [0, 0.1) is 0 Å². The molecule has 4 rings (SSSR count). The molecule has 0 spiro atoms. The van der Waals surface area contributed by atoms with Gasteiger partial charge in [0.05, 0.1) is 18.5 Å². The molecular formula is C25H27N3O3S2. The first-order valence-electron chi connectivity index (χ1n) is 11.0. The highest BCUT2D eigenvalue weighted by Crippen LogP contribution is 2.51. The van der Waals surface area contributed by atoms with Gasteiger partial charge in [0.1, 0.15) is 15.7 Å². The number of ether oxygens (including phenoxy) is 1. The summed E-state index contributed by atoms with van der Waals surface area (Å²) in [6.07, 6.45) is 1.87. The summed E-state index contributed by atoms with van der Waals surface area (Å²) in [7, 11) is 1.66. The van der Waals surface area contributed by atoms with Crippen LogP contribution >= 0.6 is 23.5 Å². The Labute approximate surface area is 203 Å². The Bertz CT molecular complexity index is 1160. The minimum Gasteiger partial charge on any atom is -0.497 e. The van der Waals surface area contributed by atoms with E-state index in [1.807, 2.05) is 30.3 Å². The van der Waals surface area contributed by atoms with Crippen molar-refractivity contribution in [3.63, 3.8) is 0 Å². The number of Topliss-reactive ketones (excluding diaryl/α,β-unsaturated/α-hetero) is 1. The minimum absolute atomic E-state index is 0.00742. The molecule has 0 aliphatic carbocycles. The maximum Gasteiger partial charge on any atom is 0.269 e. The van der Waals surface area contributed by atoms with Gasteiger partial charge in [-0.2, -0.15) is 0 Å². The van der Waals surface area contributed by atoms with E-state index in [2.05, 4.69) is 18.7 Å². The number of thioether (sulfide) groups is 2. The molecule has 33 heavy (non-hydrogen) atoms. The molecule has 172 valence electrons. The molecule has 0 N–H and O–H groups in total. The van der Waals surface area contributed by atoms with Crippen molar-refractivity contribution >= 4 is 51.8 Å². The molecule has 2 aromatic carbocycles. The van der Waals surface area contributed by atoms with Crippen LogP contribution in [0.25, 0.3) is 0 Å². The van der Waals surface area contributed by atoms with Gasteiger partial charge in [0.25, 0.3) is 5.91 Å². The van der Waals surface area contributed by atoms with Crippen molar-refractivity contribution in [2.75, 3.05) is 25.1 Å². The van der Waals surface area contributed by atoms with Crippen LogP contribution in [0.3, 0.4) is 0 Å². The first kappa shape index (κ1) is 23.4. The summed E-state index contributed by atoms with van der Waals surface area (Å²) in [6, 6.07) is 13.2. The van der Waals surface area contributed by atoms with Gasteiger partial charge >= 0.3 is 0 Å². The first-order chi connectivity index (χ1) is 16.0. The Morgan fingerprint density at radius 3 is 2.61 bits per heavy atom. The van der Waals surface area contributed by atoms with Gasteiger partial charge in [-0.3, -0.25) is 14.5 Å². The number of hydrogen-bond donors (Lipinski definition) is 0. The molecule has 0 saturated carbocycles. The summed E-state index contributed by atoms with van der Waals surface area (Å²) in [4.78, 5) is 35.9. The van der Waals surface area contributed by atoms with Gasteiger partial charge in [0, 0.05) is 29.6 Å². The zero-order chi connectivity index (χ0) is 23.5. The zero-order valence-corrected chi connectivity index (χ0v) is 20.9. The Hall–Kier alpha value is -2.71. The van der Waals surface area contributed by atoms with Crippen LogP contribution < -0.4 is 9.64 Å². The molecule has 0 unspecified atom stereocenters. The third-order valence-electron chi connectivity index (χ3n) is 5.50. The van der Waals surface area contributed by atoms with Crippen LogP contribution in [-0.4, -0.2) is 42.0 Å². The molecular weight excluding hydrogens is 454 g/mol. The number of carbonyl (C=O) groups is 2. The summed E-state index contributed by atoms with van der Waals surface area (Å²) in [5.41, 5.74) is 2.33. The average molecular weight is 482 g/mol. The molecule has 0 bridgehead atoms. The second kappa shape index (κ2) is 10.1. The molecule has 2 heterocycles. The quantitative estimate of drug-likeness (QED) is 0.354. The van der Waals surface area contributed by atoms with Crippen molar-refractivity contribution in [1.82, 2.24) is 4.90 Å². The van der Waals surface area contributed by atoms with Crippen LogP contribution in [0.15, 0.2) is 62.3 Å². The van der Waals surface area contributed by atoms with Gasteiger partial charge in [-0.15, -0.1) is 0 Å². The number of unbranched alkanes of at least 4 members (excludes halogenated alkanes) is 1. The van der Waals surface area contributed by atoms with Crippen LogP contribution in [0.4, 0.5) is 11.4 Å². The standard InChI is InChI=1S/C25H27N3O3S2/c1-5-7-13-28-23(30)22(33-25(28)26-18-10-8-9-17(14-18)16(3)29)24-27(6-2)20-15-19(31-4)11-12-21(20)32-24/h8-12,14-15H,5-7,13H2,1-4H3/b24-22-,26-25?. The van der Waals surface area contributed by atoms with Crippen molar-refractivity contribution < 1.29 is 14.3 Å². The number of amidine groups is 1. The van der Waals surface area contributed by atoms with E-state index in [-0.39, 0.29) is 11.7 Å². The lowest BCUT2D eigenvalue weighted by Crippen LogP contribution is -2.30. The lowest BCUT2D eigenvalue weighted by atomic mass is 10.1. The molecule has 6 nitrogen and oxygen atoms in total. The van der Waals surface area contributed by atoms with E-state index in [9.17, 15) is 9.59 Å². The molecule has 1 fully saturated rings. The van der Waals surface area contributed by atoms with Crippen LogP contribution in [0.5, 0.6) is 5.75 Å². The highest BCUT2D eigenvalue weighted by atomic mass is 32.2. The lowest BCUT2D eigenvalue weighted by Gasteiger charge is -2.19. The van der Waals surface area contributed by atoms with Gasteiger partial charge in [0.15, 0.2) is 11.0 Å². The van der Waals surface area contributed by atoms with Crippen LogP contribution in [0.1, 0.15) is 44.0 Å². The number of benzene rings is 2. The Morgan fingerprint density at radius 2 is 1.91 bits per heavy atom. The van der Waals surface area contributed by atoms with Crippen molar-refractivity contribution in [1.29, 1.82) is 0 Å². The summed E-state index contributed by atoms with van der Waals surface area (Å²) < 4.78 is 5.41. The highest BCUT2D eigenvalue weighted by molar-refractivity contribution is 8.19. The fourth-order valence-electron chi connectivity index (χ4n) is 3.71. The summed E-state index contributed by atoms with van der Waals surface area (Å²) in [5, 5.41) is 1.58. The Kier molecular flexibility index (Phi) is 7.14. The van der Waals surface area contributed by atoms with Crippen molar-refractivity contribution in [3.05, 3.63) is 58.0 Å². The number of hydrogen-bond acceptors (Lipinski definition) is 7. The molecule has 0 radical (unpaired) electrons. The van der Waals surface area contributed by atoms with Crippen molar-refractivity contribution in [3.8, 4) is 5.75 Å². The van der Waals surface area contributed by atoms with Crippen molar-refractivity contribution in [2.45, 2.75) is 38.5 Å². The number of aliphatic imine (C=N–C) groups is 1. The largest absolute Gasteiger partial charge is 0.497 e. The van der Waals surface area contributed by atoms with Gasteiger partial charge in [0.2, 0.25) is 0 Å². The molecule has 8 heteroatoms. The summed E-state index contributed by atoms with van der Waals surface area (Å²) in [6.45, 7) is 7.08. The van der Waals surface area contributed by atoms with E-state index in [4.69, 9.17) is 9.73 Å². The summed E-state index contributed by atoms with van der Waals surface area (Å²) in [5.74, 6) is 0.768. The topological polar surface area (TPSA) is 62.2 Å². The molecule has 0 aromatic heterocycles. The monoisotopic (exact) mass is 481 g/mol. The van der Waals surface area contributed by atoms with E-state index >= 15 is 0 Å². The summed E-state index contributed by atoms with van der Waals surface area (Å²) >= 11 is 3.02. The fraction of sp³-hybridized carbons (Fsp3) is 0.320. The second-order valence-corrected chi connectivity index (χ2v) is 9.74. The Morgan fingerprint density at radius 1 is 1.09 bits per heavy atom. The fourth-order valence-corrected chi connectivity index (χ4v) is 6.11. The SMILES string of the molecule is CCCCN1C(=O)/C(=C2/Sc3ccc(OC)cc3N2CC)SC1=Nc1cccc(C(C)=O)c1. The van der Waals surface area contributed by atoms with Crippen molar-refractivity contribution in [2.24, 2.45) is 4.99 Å². The van der Waals surface area contributed by atoms with Gasteiger partial charge in [-0.05, 0) is 56.3 Å². The molecule has 2 aliphatic rings. The zero-order valence-electron chi connectivity index (χ0n) is 19.3. The smallest absolute Gasteiger partial charge is 0.269 e. The predicted molar refractivity (Wildman–Crippen MR) is 137 cm³/mol. The van der Waals surface area contributed by atoms with E-state index in [0.29, 0.717) is 27.9 Å². The molecule has 2 aliphatic heterocycles. The Balaban J connectivity index is 1.74. The molecule has 1 amide bonds. The number of nitrogens with zero attached hydrogens (tertiary/aromatic N) is 3. The first-order valence-corrected chi connectivity index (χ1v) is 12.7. The number of anilines is 1. The number of fused-ring (bicyclic) bond motifs is 1. The van der Waals surface area contributed by atoms with E-state index in [0.717, 1.165) is 40.7 Å². The normalized spacial score (nSPS) is 18.9. The van der Waals surface area contributed by atoms with Crippen LogP contribution in [-0.2, 0) is 4.79 Å². The van der Waals surface area contributed by atoms with Gasteiger partial charge < -0.3 is 9.64 Å². The minimum atomic E-state index is -0.0179. The predicted octanol–water partition coefficient (Wildman–Crippen LogP) is 6.06. The molecule has 0 atom stereocenters. The molecule has 2 aromatic rings. The van der Waals surface area contributed by atoms with Crippen LogP contribution in [0.2, 0.25) is 0 Å². The van der Waals surface area contributed by atoms with E-state index in [1.165, 1.54) is 11.8 Å². The number of methoxy groups -OCH3 is 1. The van der Waals surface area contributed by atoms with E-state index in [1.54, 1.807) is 42.8 Å². The average Bonchev–Trinajstić information content (AvgIpc) is 3.33. The number of carbonyl (C=O) groups excluding carboxylic acids is 2. The number of rotatable bonds is 7. The highest BCUT2D eigenvalue weighted by Gasteiger charge is 2.39. The maximum atomic E-state index is 13.6. The number of amides is 1. The van der Waals surface area contributed by atoms with Gasteiger partial charge in [-0.25, -0.2) is 4.99 Å². The third-order valence-corrected chi connectivity index (χ3v) is 7.87. The molecule has 1 saturated heterocycles. The number of ketones is 1. The third kappa shape index (κ3) is 4.68. The van der Waals surface area contributed by atoms with E-state index < -0.39 is 0 Å². The van der Waals surface area contributed by atoms with Gasteiger partial charge in [-0.1, -0.05) is 37.2 Å². The second-order valence-electron chi connectivity index (χ2n) is 7.73.